The van der Waals surface area contributed by atoms with Gasteiger partial charge in [0, 0.05) is 32.0 Å². The van der Waals surface area contributed by atoms with E-state index in [1.807, 2.05) is 31.3 Å². The van der Waals surface area contributed by atoms with Gasteiger partial charge in [0.05, 0.1) is 0 Å². The molecule has 5 heteroatoms. The first-order chi connectivity index (χ1) is 13.1. The molecule has 0 unspecified atom stereocenters. The van der Waals surface area contributed by atoms with Crippen LogP contribution in [0.2, 0.25) is 0 Å². The van der Waals surface area contributed by atoms with Gasteiger partial charge in [0.25, 0.3) is 5.91 Å². The van der Waals surface area contributed by atoms with Gasteiger partial charge in [-0.25, -0.2) is 4.39 Å². The molecule has 3 aromatic rings. The lowest BCUT2D eigenvalue weighted by molar-refractivity contribution is 0.0949. The zero-order valence-corrected chi connectivity index (χ0v) is 15.2. The Balaban J connectivity index is 1.57. The van der Waals surface area contributed by atoms with Crippen molar-refractivity contribution in [3.8, 4) is 0 Å². The van der Waals surface area contributed by atoms with Crippen molar-refractivity contribution in [2.24, 2.45) is 0 Å². The van der Waals surface area contributed by atoms with Crippen LogP contribution in [0.4, 0.5) is 10.1 Å². The summed E-state index contributed by atoms with van der Waals surface area (Å²) in [5, 5.41) is 2.86. The van der Waals surface area contributed by atoms with Crippen molar-refractivity contribution in [2.75, 3.05) is 18.5 Å². The Morgan fingerprint density at radius 1 is 1.04 bits per heavy atom. The highest BCUT2D eigenvalue weighted by atomic mass is 19.1. The van der Waals surface area contributed by atoms with Gasteiger partial charge in [-0.2, -0.15) is 0 Å². The third kappa shape index (κ3) is 5.38. The fourth-order valence-corrected chi connectivity index (χ4v) is 2.79. The Morgan fingerprint density at radius 3 is 2.52 bits per heavy atom. The van der Waals surface area contributed by atoms with E-state index in [1.165, 1.54) is 17.7 Å². The topological polar surface area (TPSA) is 45.2 Å². The van der Waals surface area contributed by atoms with Crippen LogP contribution >= 0.6 is 0 Å². The van der Waals surface area contributed by atoms with Crippen molar-refractivity contribution in [3.63, 3.8) is 0 Å². The number of benzene rings is 2. The van der Waals surface area contributed by atoms with Gasteiger partial charge in [0.2, 0.25) is 0 Å². The highest BCUT2D eigenvalue weighted by molar-refractivity contribution is 5.93. The summed E-state index contributed by atoms with van der Waals surface area (Å²) >= 11 is 0. The first-order valence-electron chi connectivity index (χ1n) is 8.85. The highest BCUT2D eigenvalue weighted by Gasteiger charge is 2.10. The molecular weight excluding hydrogens is 341 g/mol. The first kappa shape index (κ1) is 18.6. The Morgan fingerprint density at radius 2 is 1.78 bits per heavy atom. The summed E-state index contributed by atoms with van der Waals surface area (Å²) < 4.78 is 12.9. The number of hydrogen-bond acceptors (Lipinski definition) is 3. The lowest BCUT2D eigenvalue weighted by Gasteiger charge is -2.19. The lowest BCUT2D eigenvalue weighted by Crippen LogP contribution is -2.27. The van der Waals surface area contributed by atoms with E-state index >= 15 is 0 Å². The molecular formula is C22H22FN3O. The maximum atomic E-state index is 12.9. The lowest BCUT2D eigenvalue weighted by atomic mass is 10.1. The molecule has 0 fully saturated rings. The van der Waals surface area contributed by atoms with E-state index in [9.17, 15) is 9.18 Å². The molecule has 0 radical (unpaired) electrons. The van der Waals surface area contributed by atoms with E-state index in [2.05, 4.69) is 27.3 Å². The highest BCUT2D eigenvalue weighted by Crippen LogP contribution is 2.16. The van der Waals surface area contributed by atoms with Gasteiger partial charge < -0.3 is 10.2 Å². The molecule has 0 aliphatic carbocycles. The molecule has 1 heterocycles. The molecule has 27 heavy (non-hydrogen) atoms. The van der Waals surface area contributed by atoms with Gasteiger partial charge in [0.15, 0.2) is 0 Å². The molecule has 3 rings (SSSR count). The summed E-state index contributed by atoms with van der Waals surface area (Å²) in [5.41, 5.74) is 3.48. The van der Waals surface area contributed by atoms with Crippen molar-refractivity contribution in [2.45, 2.75) is 13.0 Å². The second-order valence-corrected chi connectivity index (χ2v) is 6.37. The van der Waals surface area contributed by atoms with E-state index < -0.39 is 0 Å². The maximum Gasteiger partial charge on any atom is 0.269 e. The van der Waals surface area contributed by atoms with Crippen LogP contribution in [0.5, 0.6) is 0 Å². The van der Waals surface area contributed by atoms with Crippen LogP contribution < -0.4 is 10.2 Å². The second kappa shape index (κ2) is 8.94. The molecule has 0 saturated carbocycles. The Hall–Kier alpha value is -3.21. The minimum Gasteiger partial charge on any atom is -0.370 e. The number of hydrogen-bond donors (Lipinski definition) is 1. The van der Waals surface area contributed by atoms with E-state index in [0.29, 0.717) is 18.7 Å². The molecule has 1 N–H and O–H groups in total. The predicted octanol–water partition coefficient (Wildman–Crippen LogP) is 3.83. The van der Waals surface area contributed by atoms with E-state index in [4.69, 9.17) is 0 Å². The number of carbonyl (C=O) groups excluding carboxylic acids is 1. The van der Waals surface area contributed by atoms with Crippen molar-refractivity contribution < 1.29 is 9.18 Å². The number of pyridine rings is 1. The predicted molar refractivity (Wildman–Crippen MR) is 105 cm³/mol. The summed E-state index contributed by atoms with van der Waals surface area (Å²) in [7, 11) is 1.98. The number of halogens is 1. The fraction of sp³-hybridized carbons (Fsp3) is 0.182. The van der Waals surface area contributed by atoms with Crippen molar-refractivity contribution in [3.05, 3.63) is 95.6 Å². The SMILES string of the molecule is CN(Cc1ccccc1)c1ccnc(C(=O)NCCc2ccc(F)cc2)c1. The van der Waals surface area contributed by atoms with Gasteiger partial charge in [-0.15, -0.1) is 0 Å². The summed E-state index contributed by atoms with van der Waals surface area (Å²) in [5.74, 6) is -0.476. The third-order valence-corrected chi connectivity index (χ3v) is 4.29. The molecule has 0 aliphatic heterocycles. The van der Waals surface area contributed by atoms with Crippen molar-refractivity contribution in [1.82, 2.24) is 10.3 Å². The maximum absolute atomic E-state index is 12.9. The van der Waals surface area contributed by atoms with Gasteiger partial charge in [-0.05, 0) is 41.8 Å². The molecule has 1 aromatic heterocycles. The van der Waals surface area contributed by atoms with Gasteiger partial charge in [-0.1, -0.05) is 42.5 Å². The first-order valence-corrected chi connectivity index (χ1v) is 8.85. The Labute approximate surface area is 158 Å². The molecule has 4 nitrogen and oxygen atoms in total. The average molecular weight is 363 g/mol. The molecule has 0 aliphatic rings. The quantitative estimate of drug-likeness (QED) is 0.694. The van der Waals surface area contributed by atoms with E-state index in [0.717, 1.165) is 17.8 Å². The van der Waals surface area contributed by atoms with Gasteiger partial charge in [0.1, 0.15) is 11.5 Å². The van der Waals surface area contributed by atoms with Crippen LogP contribution in [-0.2, 0) is 13.0 Å². The summed E-state index contributed by atoms with van der Waals surface area (Å²) in [6.07, 6.45) is 2.28. The third-order valence-electron chi connectivity index (χ3n) is 4.29. The molecule has 0 spiro atoms. The van der Waals surface area contributed by atoms with Gasteiger partial charge >= 0.3 is 0 Å². The number of rotatable bonds is 7. The van der Waals surface area contributed by atoms with E-state index in [1.54, 1.807) is 24.4 Å². The number of amides is 1. The Kier molecular flexibility index (Phi) is 6.15. The van der Waals surface area contributed by atoms with Crippen LogP contribution in [0.15, 0.2) is 72.9 Å². The van der Waals surface area contributed by atoms with Crippen LogP contribution in [0.25, 0.3) is 0 Å². The number of nitrogens with one attached hydrogen (secondary N) is 1. The number of carbonyl (C=O) groups is 1. The average Bonchev–Trinajstić information content (AvgIpc) is 2.70. The smallest absolute Gasteiger partial charge is 0.269 e. The largest absolute Gasteiger partial charge is 0.370 e. The summed E-state index contributed by atoms with van der Waals surface area (Å²) in [6, 6.07) is 20.1. The minimum atomic E-state index is -0.261. The normalized spacial score (nSPS) is 10.4. The fourth-order valence-electron chi connectivity index (χ4n) is 2.79. The van der Waals surface area contributed by atoms with Crippen molar-refractivity contribution >= 4 is 11.6 Å². The van der Waals surface area contributed by atoms with Gasteiger partial charge in [-0.3, -0.25) is 9.78 Å². The Bertz CT molecular complexity index is 882. The van der Waals surface area contributed by atoms with Crippen LogP contribution in [0.1, 0.15) is 21.6 Å². The summed E-state index contributed by atoms with van der Waals surface area (Å²) in [4.78, 5) is 18.6. The van der Waals surface area contributed by atoms with E-state index in [-0.39, 0.29) is 11.7 Å². The minimum absolute atomic E-state index is 0.216. The molecule has 1 amide bonds. The zero-order chi connectivity index (χ0) is 19.1. The van der Waals surface area contributed by atoms with Crippen LogP contribution in [0, 0.1) is 5.82 Å². The summed E-state index contributed by atoms with van der Waals surface area (Å²) in [6.45, 7) is 1.21. The molecule has 0 atom stereocenters. The molecule has 138 valence electrons. The molecule has 2 aromatic carbocycles. The monoisotopic (exact) mass is 363 g/mol. The second-order valence-electron chi connectivity index (χ2n) is 6.37. The van der Waals surface area contributed by atoms with Crippen LogP contribution in [-0.4, -0.2) is 24.5 Å². The van der Waals surface area contributed by atoms with Crippen LogP contribution in [0.3, 0.4) is 0 Å². The molecule has 0 bridgehead atoms. The number of aromatic nitrogens is 1. The zero-order valence-electron chi connectivity index (χ0n) is 15.2. The standard InChI is InChI=1S/C22H22FN3O/c1-26(16-18-5-3-2-4-6-18)20-12-14-24-21(15-20)22(27)25-13-11-17-7-9-19(23)10-8-17/h2-10,12,14-15H,11,13,16H2,1H3,(H,25,27). The van der Waals surface area contributed by atoms with Crippen molar-refractivity contribution in [1.29, 1.82) is 0 Å². The number of nitrogens with zero attached hydrogens (tertiary/aromatic N) is 2. The molecule has 0 saturated heterocycles. The number of anilines is 1.